The minimum Gasteiger partial charge on any atom is -0.338 e. The number of amides is 1. The summed E-state index contributed by atoms with van der Waals surface area (Å²) < 4.78 is 27.7. The summed E-state index contributed by atoms with van der Waals surface area (Å²) in [6.45, 7) is 1.35. The monoisotopic (exact) mass is 422 g/mol. The highest BCUT2D eigenvalue weighted by Gasteiger charge is 2.21. The first kappa shape index (κ1) is 18.1. The van der Waals surface area contributed by atoms with Crippen molar-refractivity contribution in [2.75, 3.05) is 13.1 Å². The van der Waals surface area contributed by atoms with Crippen LogP contribution in [0.5, 0.6) is 0 Å². The minimum absolute atomic E-state index is 0.0357. The van der Waals surface area contributed by atoms with Crippen LogP contribution >= 0.6 is 15.9 Å². The highest BCUT2D eigenvalue weighted by atomic mass is 79.9. The summed E-state index contributed by atoms with van der Waals surface area (Å²) in [6.07, 6.45) is 0.987. The molecule has 0 atom stereocenters. The van der Waals surface area contributed by atoms with Crippen LogP contribution in [0.15, 0.2) is 57.9 Å². The van der Waals surface area contributed by atoms with Crippen LogP contribution < -0.4 is 4.72 Å². The Morgan fingerprint density at radius 1 is 1.12 bits per heavy atom. The molecule has 0 saturated carbocycles. The van der Waals surface area contributed by atoms with Crippen molar-refractivity contribution in [3.8, 4) is 0 Å². The van der Waals surface area contributed by atoms with E-state index in [1.165, 1.54) is 17.7 Å². The Morgan fingerprint density at radius 3 is 2.64 bits per heavy atom. The molecule has 25 heavy (non-hydrogen) atoms. The van der Waals surface area contributed by atoms with Gasteiger partial charge in [-0.3, -0.25) is 4.79 Å². The molecule has 0 unspecified atom stereocenters. The lowest BCUT2D eigenvalue weighted by atomic mass is 10.00. The van der Waals surface area contributed by atoms with Gasteiger partial charge >= 0.3 is 0 Å². The highest BCUT2D eigenvalue weighted by molar-refractivity contribution is 9.10. The Morgan fingerprint density at radius 2 is 1.88 bits per heavy atom. The van der Waals surface area contributed by atoms with Crippen LogP contribution in [0.3, 0.4) is 0 Å². The molecule has 1 aliphatic rings. The van der Waals surface area contributed by atoms with E-state index in [-0.39, 0.29) is 23.8 Å². The summed E-state index contributed by atoms with van der Waals surface area (Å²) in [6, 6.07) is 14.6. The first-order chi connectivity index (χ1) is 12.0. The van der Waals surface area contributed by atoms with Crippen molar-refractivity contribution in [1.29, 1.82) is 0 Å². The van der Waals surface area contributed by atoms with Gasteiger partial charge in [-0.15, -0.1) is 0 Å². The fourth-order valence-electron chi connectivity index (χ4n) is 2.88. The molecule has 0 bridgehead atoms. The van der Waals surface area contributed by atoms with Gasteiger partial charge in [0.05, 0.1) is 4.90 Å². The smallest absolute Gasteiger partial charge is 0.240 e. The number of nitrogens with one attached hydrogen (secondary N) is 1. The SMILES string of the molecule is O=C(CCNS(=O)(=O)c1cccc(Br)c1)N1CCc2ccccc2C1. The van der Waals surface area contributed by atoms with Crippen LogP contribution in [-0.4, -0.2) is 32.3 Å². The second-order valence-electron chi connectivity index (χ2n) is 5.94. The molecule has 0 spiro atoms. The predicted octanol–water partition coefficient (Wildman–Crippen LogP) is 2.70. The van der Waals surface area contributed by atoms with Gasteiger partial charge in [-0.1, -0.05) is 46.3 Å². The number of rotatable bonds is 5. The molecule has 1 amide bonds. The number of fused-ring (bicyclic) bond motifs is 1. The first-order valence-electron chi connectivity index (χ1n) is 8.05. The third kappa shape index (κ3) is 4.48. The fourth-order valence-corrected chi connectivity index (χ4v) is 4.50. The van der Waals surface area contributed by atoms with Crippen LogP contribution in [0.4, 0.5) is 0 Å². The van der Waals surface area contributed by atoms with Gasteiger partial charge < -0.3 is 4.90 Å². The van der Waals surface area contributed by atoms with Gasteiger partial charge in [0.15, 0.2) is 0 Å². The maximum atomic E-state index is 12.4. The molecule has 1 N–H and O–H groups in total. The number of halogens is 1. The Hall–Kier alpha value is -1.70. The van der Waals surface area contributed by atoms with E-state index in [1.54, 1.807) is 17.0 Å². The Labute approximate surface area is 156 Å². The number of hydrogen-bond donors (Lipinski definition) is 1. The van der Waals surface area contributed by atoms with E-state index < -0.39 is 10.0 Å². The van der Waals surface area contributed by atoms with Crippen LogP contribution in [0.1, 0.15) is 17.5 Å². The molecule has 0 aromatic heterocycles. The predicted molar refractivity (Wildman–Crippen MR) is 99.5 cm³/mol. The average Bonchev–Trinajstić information content (AvgIpc) is 2.61. The van der Waals surface area contributed by atoms with Gasteiger partial charge in [-0.05, 0) is 35.7 Å². The number of nitrogens with zero attached hydrogens (tertiary/aromatic N) is 1. The van der Waals surface area contributed by atoms with E-state index in [9.17, 15) is 13.2 Å². The maximum absolute atomic E-state index is 12.4. The zero-order valence-electron chi connectivity index (χ0n) is 13.6. The fraction of sp³-hybridized carbons (Fsp3) is 0.278. The van der Waals surface area contributed by atoms with Crippen molar-refractivity contribution in [2.45, 2.75) is 24.3 Å². The van der Waals surface area contributed by atoms with Crippen LogP contribution in [0.25, 0.3) is 0 Å². The highest BCUT2D eigenvalue weighted by Crippen LogP contribution is 2.19. The quantitative estimate of drug-likeness (QED) is 0.805. The molecule has 3 rings (SSSR count). The summed E-state index contributed by atoms with van der Waals surface area (Å²) in [5.74, 6) is -0.0357. The second kappa shape index (κ2) is 7.68. The van der Waals surface area contributed by atoms with Gasteiger partial charge in [0.1, 0.15) is 0 Å². The van der Waals surface area contributed by atoms with Gasteiger partial charge in [-0.25, -0.2) is 13.1 Å². The van der Waals surface area contributed by atoms with Gasteiger partial charge in [0.2, 0.25) is 15.9 Å². The third-order valence-electron chi connectivity index (χ3n) is 4.22. The molecule has 2 aromatic carbocycles. The van der Waals surface area contributed by atoms with Crippen LogP contribution in [0, 0.1) is 0 Å². The summed E-state index contributed by atoms with van der Waals surface area (Å²) in [4.78, 5) is 14.3. The Bertz CT molecular complexity index is 883. The molecule has 1 heterocycles. The normalized spacial score (nSPS) is 14.2. The molecule has 5 nitrogen and oxygen atoms in total. The molecule has 132 valence electrons. The lowest BCUT2D eigenvalue weighted by Gasteiger charge is -2.29. The second-order valence-corrected chi connectivity index (χ2v) is 8.62. The molecule has 7 heteroatoms. The molecule has 0 fully saturated rings. The van der Waals surface area contributed by atoms with Crippen molar-refractivity contribution in [2.24, 2.45) is 0 Å². The van der Waals surface area contributed by atoms with Gasteiger partial charge in [0.25, 0.3) is 0 Å². The van der Waals surface area contributed by atoms with E-state index >= 15 is 0 Å². The maximum Gasteiger partial charge on any atom is 0.240 e. The summed E-state index contributed by atoms with van der Waals surface area (Å²) in [5, 5.41) is 0. The van der Waals surface area contributed by atoms with Crippen molar-refractivity contribution >= 4 is 31.9 Å². The van der Waals surface area contributed by atoms with E-state index in [4.69, 9.17) is 0 Å². The average molecular weight is 423 g/mol. The van der Waals surface area contributed by atoms with Crippen molar-refractivity contribution in [3.63, 3.8) is 0 Å². The van der Waals surface area contributed by atoms with Gasteiger partial charge in [0, 0.05) is 30.5 Å². The van der Waals surface area contributed by atoms with E-state index in [0.29, 0.717) is 17.6 Å². The van der Waals surface area contributed by atoms with E-state index in [0.717, 1.165) is 12.0 Å². The lowest BCUT2D eigenvalue weighted by molar-refractivity contribution is -0.131. The number of hydrogen-bond acceptors (Lipinski definition) is 3. The Balaban J connectivity index is 1.55. The third-order valence-corrected chi connectivity index (χ3v) is 6.17. The number of benzene rings is 2. The van der Waals surface area contributed by atoms with Crippen LogP contribution in [-0.2, 0) is 27.8 Å². The molecular formula is C18H19BrN2O3S. The van der Waals surface area contributed by atoms with E-state index in [1.807, 2.05) is 18.2 Å². The van der Waals surface area contributed by atoms with Crippen molar-refractivity contribution in [1.82, 2.24) is 9.62 Å². The summed E-state index contributed by atoms with van der Waals surface area (Å²) in [7, 11) is -3.61. The molecule has 0 saturated heterocycles. The number of sulfonamides is 1. The Kier molecular flexibility index (Phi) is 5.56. The van der Waals surface area contributed by atoms with Gasteiger partial charge in [-0.2, -0.15) is 0 Å². The first-order valence-corrected chi connectivity index (χ1v) is 10.3. The molecular weight excluding hydrogens is 404 g/mol. The van der Waals surface area contributed by atoms with Crippen molar-refractivity contribution in [3.05, 3.63) is 64.1 Å². The molecule has 0 radical (unpaired) electrons. The molecule has 2 aromatic rings. The van der Waals surface area contributed by atoms with Crippen LogP contribution in [0.2, 0.25) is 0 Å². The zero-order valence-corrected chi connectivity index (χ0v) is 16.0. The zero-order chi connectivity index (χ0) is 17.9. The standard InChI is InChI=1S/C18H19BrN2O3S/c19-16-6-3-7-17(12-16)25(23,24)20-10-8-18(22)21-11-9-14-4-1-2-5-15(14)13-21/h1-7,12,20H,8-11,13H2. The summed E-state index contributed by atoms with van der Waals surface area (Å²) >= 11 is 3.26. The molecule has 1 aliphatic heterocycles. The lowest BCUT2D eigenvalue weighted by Crippen LogP contribution is -2.38. The van der Waals surface area contributed by atoms with Crippen molar-refractivity contribution < 1.29 is 13.2 Å². The topological polar surface area (TPSA) is 66.5 Å². The number of carbonyl (C=O) groups excluding carboxylic acids is 1. The molecule has 0 aliphatic carbocycles. The number of carbonyl (C=O) groups is 1. The largest absolute Gasteiger partial charge is 0.338 e. The minimum atomic E-state index is -3.61. The van der Waals surface area contributed by atoms with E-state index in [2.05, 4.69) is 26.7 Å². The summed E-state index contributed by atoms with van der Waals surface area (Å²) in [5.41, 5.74) is 2.44.